The van der Waals surface area contributed by atoms with E-state index < -0.39 is 21.8 Å². The maximum absolute atomic E-state index is 12.9. The Morgan fingerprint density at radius 2 is 1.43 bits per heavy atom. The number of carbonyl (C=O) groups excluding carboxylic acids is 2. The summed E-state index contributed by atoms with van der Waals surface area (Å²) in [4.78, 5) is 24.9. The van der Waals surface area contributed by atoms with Crippen molar-refractivity contribution in [2.75, 3.05) is 5.32 Å². The maximum Gasteiger partial charge on any atom is 0.266 e. The first-order valence-corrected chi connectivity index (χ1v) is 14.1. The van der Waals surface area contributed by atoms with E-state index in [9.17, 15) is 18.0 Å². The number of ether oxygens (including phenoxy) is 1. The molecule has 0 aliphatic heterocycles. The van der Waals surface area contributed by atoms with Crippen LogP contribution in [0.3, 0.4) is 0 Å². The van der Waals surface area contributed by atoms with Gasteiger partial charge >= 0.3 is 0 Å². The summed E-state index contributed by atoms with van der Waals surface area (Å²) in [5, 5.41) is 2.65. The van der Waals surface area contributed by atoms with Gasteiger partial charge in [-0.3, -0.25) is 9.59 Å². The second-order valence-electron chi connectivity index (χ2n) is 8.80. The summed E-state index contributed by atoms with van der Waals surface area (Å²) >= 11 is 0. The zero-order valence-electron chi connectivity index (χ0n) is 21.1. The summed E-state index contributed by atoms with van der Waals surface area (Å²) in [6.07, 6.45) is 6.11. The van der Waals surface area contributed by atoms with Crippen molar-refractivity contribution in [2.24, 2.45) is 0 Å². The molecule has 2 N–H and O–H groups in total. The molecule has 0 spiro atoms. The SMILES string of the molecule is CCCCCCCCC(=O)NS(=O)(=O)c1ccccc1NC(=O)c1ccc(OCc2ccccc2)cc1. The Labute approximate surface area is 219 Å². The van der Waals surface area contributed by atoms with E-state index >= 15 is 0 Å². The topological polar surface area (TPSA) is 102 Å². The molecule has 0 radical (unpaired) electrons. The van der Waals surface area contributed by atoms with Gasteiger partial charge in [0.25, 0.3) is 15.9 Å². The van der Waals surface area contributed by atoms with Gasteiger partial charge in [-0.25, -0.2) is 13.1 Å². The van der Waals surface area contributed by atoms with E-state index in [-0.39, 0.29) is 17.0 Å². The quantitative estimate of drug-likeness (QED) is 0.250. The molecule has 2 amide bonds. The van der Waals surface area contributed by atoms with Gasteiger partial charge in [0.15, 0.2) is 0 Å². The molecule has 0 fully saturated rings. The molecule has 196 valence electrons. The molecular formula is C29H34N2O5S. The highest BCUT2D eigenvalue weighted by Gasteiger charge is 2.22. The average molecular weight is 523 g/mol. The summed E-state index contributed by atoms with van der Waals surface area (Å²) in [6, 6.07) is 22.3. The van der Waals surface area contributed by atoms with Crippen LogP contribution in [0, 0.1) is 0 Å². The highest BCUT2D eigenvalue weighted by molar-refractivity contribution is 7.90. The van der Waals surface area contributed by atoms with Crippen LogP contribution in [0.1, 0.15) is 67.8 Å². The molecule has 37 heavy (non-hydrogen) atoms. The van der Waals surface area contributed by atoms with Crippen molar-refractivity contribution in [3.63, 3.8) is 0 Å². The molecule has 0 saturated heterocycles. The van der Waals surface area contributed by atoms with E-state index in [1.54, 1.807) is 36.4 Å². The van der Waals surface area contributed by atoms with E-state index in [0.29, 0.717) is 24.3 Å². The average Bonchev–Trinajstić information content (AvgIpc) is 2.90. The molecule has 0 saturated carbocycles. The second-order valence-corrected chi connectivity index (χ2v) is 10.4. The minimum atomic E-state index is -4.14. The highest BCUT2D eigenvalue weighted by atomic mass is 32.2. The number of hydrogen-bond acceptors (Lipinski definition) is 5. The zero-order chi connectivity index (χ0) is 26.5. The van der Waals surface area contributed by atoms with Crippen LogP contribution in [0.25, 0.3) is 0 Å². The smallest absolute Gasteiger partial charge is 0.266 e. The Hall–Kier alpha value is -3.65. The van der Waals surface area contributed by atoms with Crippen molar-refractivity contribution in [1.82, 2.24) is 4.72 Å². The third kappa shape index (κ3) is 9.06. The molecule has 0 heterocycles. The Morgan fingerprint density at radius 1 is 0.784 bits per heavy atom. The maximum atomic E-state index is 12.9. The van der Waals surface area contributed by atoms with E-state index in [0.717, 1.165) is 37.7 Å². The third-order valence-electron chi connectivity index (χ3n) is 5.80. The van der Waals surface area contributed by atoms with E-state index in [2.05, 4.69) is 17.0 Å². The minimum Gasteiger partial charge on any atom is -0.489 e. The fourth-order valence-corrected chi connectivity index (χ4v) is 4.94. The number of carbonyl (C=O) groups is 2. The Kier molecular flexibility index (Phi) is 10.7. The van der Waals surface area contributed by atoms with Gasteiger partial charge in [-0.15, -0.1) is 0 Å². The molecule has 0 bridgehead atoms. The van der Waals surface area contributed by atoms with Gasteiger partial charge in [0.1, 0.15) is 17.3 Å². The van der Waals surface area contributed by atoms with Crippen LogP contribution in [-0.4, -0.2) is 20.2 Å². The van der Waals surface area contributed by atoms with Crippen LogP contribution in [0.4, 0.5) is 5.69 Å². The molecular weight excluding hydrogens is 488 g/mol. The van der Waals surface area contributed by atoms with E-state index in [1.807, 2.05) is 30.3 Å². The Bertz CT molecular complexity index is 1260. The molecule has 3 aromatic rings. The first-order chi connectivity index (χ1) is 17.9. The van der Waals surface area contributed by atoms with Crippen LogP contribution in [0.2, 0.25) is 0 Å². The highest BCUT2D eigenvalue weighted by Crippen LogP contribution is 2.22. The number of anilines is 1. The molecule has 0 unspecified atom stereocenters. The van der Waals surface area contributed by atoms with Gasteiger partial charge in [0, 0.05) is 12.0 Å². The summed E-state index contributed by atoms with van der Waals surface area (Å²) in [6.45, 7) is 2.54. The fourth-order valence-electron chi connectivity index (χ4n) is 3.76. The molecule has 3 rings (SSSR count). The number of hydrogen-bond donors (Lipinski definition) is 2. The lowest BCUT2D eigenvalue weighted by Crippen LogP contribution is -2.31. The monoisotopic (exact) mass is 522 g/mol. The molecule has 8 heteroatoms. The molecule has 0 aromatic heterocycles. The summed E-state index contributed by atoms with van der Waals surface area (Å²) in [7, 11) is -4.14. The van der Waals surface area contributed by atoms with Crippen LogP contribution >= 0.6 is 0 Å². The largest absolute Gasteiger partial charge is 0.489 e. The lowest BCUT2D eigenvalue weighted by atomic mass is 10.1. The third-order valence-corrected chi connectivity index (χ3v) is 7.23. The van der Waals surface area contributed by atoms with Crippen LogP contribution in [0.15, 0.2) is 83.8 Å². The molecule has 7 nitrogen and oxygen atoms in total. The van der Waals surface area contributed by atoms with Crippen molar-refractivity contribution in [2.45, 2.75) is 63.4 Å². The molecule has 0 aliphatic carbocycles. The zero-order valence-corrected chi connectivity index (χ0v) is 21.9. The number of benzene rings is 3. The number of amides is 2. The first-order valence-electron chi connectivity index (χ1n) is 12.6. The molecule has 0 atom stereocenters. The normalized spacial score (nSPS) is 11.1. The number of nitrogens with one attached hydrogen (secondary N) is 2. The number of sulfonamides is 1. The van der Waals surface area contributed by atoms with Gasteiger partial charge in [-0.1, -0.05) is 81.5 Å². The van der Waals surface area contributed by atoms with Crippen molar-refractivity contribution in [3.05, 3.63) is 90.0 Å². The molecule has 0 aliphatic rings. The number of rotatable bonds is 14. The predicted molar refractivity (Wildman–Crippen MR) is 145 cm³/mol. The van der Waals surface area contributed by atoms with E-state index in [4.69, 9.17) is 4.74 Å². The lowest BCUT2D eigenvalue weighted by Gasteiger charge is -2.13. The van der Waals surface area contributed by atoms with Crippen molar-refractivity contribution >= 4 is 27.5 Å². The Morgan fingerprint density at radius 3 is 2.16 bits per heavy atom. The molecule has 3 aromatic carbocycles. The van der Waals surface area contributed by atoms with Crippen LogP contribution in [-0.2, 0) is 21.4 Å². The second kappa shape index (κ2) is 14.2. The minimum absolute atomic E-state index is 0.0942. The standard InChI is InChI=1S/C29H34N2O5S/c1-2-3-4-5-6-10-17-28(32)31-37(34,35)27-16-12-11-15-26(27)30-29(33)24-18-20-25(21-19-24)36-22-23-13-8-7-9-14-23/h7-9,11-16,18-21H,2-6,10,17,22H2,1H3,(H,30,33)(H,31,32). The number of unbranched alkanes of at least 4 members (excludes halogenated alkanes) is 5. The van der Waals surface area contributed by atoms with Crippen molar-refractivity contribution in [3.8, 4) is 5.75 Å². The summed E-state index contributed by atoms with van der Waals surface area (Å²) in [5.41, 5.74) is 1.46. The first kappa shape index (κ1) is 27.9. The Balaban J connectivity index is 1.57. The van der Waals surface area contributed by atoms with Crippen LogP contribution < -0.4 is 14.8 Å². The van der Waals surface area contributed by atoms with Crippen molar-refractivity contribution < 1.29 is 22.7 Å². The van der Waals surface area contributed by atoms with Crippen molar-refractivity contribution in [1.29, 1.82) is 0 Å². The fraction of sp³-hybridized carbons (Fsp3) is 0.310. The lowest BCUT2D eigenvalue weighted by molar-refractivity contribution is -0.119. The van der Waals surface area contributed by atoms with Gasteiger partial charge in [0.05, 0.1) is 5.69 Å². The van der Waals surface area contributed by atoms with E-state index in [1.165, 1.54) is 12.1 Å². The van der Waals surface area contributed by atoms with Crippen LogP contribution in [0.5, 0.6) is 5.75 Å². The van der Waals surface area contributed by atoms with Gasteiger partial charge in [-0.05, 0) is 48.4 Å². The summed E-state index contributed by atoms with van der Waals surface area (Å²) < 4.78 is 33.7. The predicted octanol–water partition coefficient (Wildman–Crippen LogP) is 6.07. The summed E-state index contributed by atoms with van der Waals surface area (Å²) in [5.74, 6) is -0.421. The van der Waals surface area contributed by atoms with Gasteiger partial charge < -0.3 is 10.1 Å². The van der Waals surface area contributed by atoms with Gasteiger partial charge in [-0.2, -0.15) is 0 Å². The van der Waals surface area contributed by atoms with Gasteiger partial charge in [0.2, 0.25) is 5.91 Å². The number of para-hydroxylation sites is 1.